The number of ether oxygens (including phenoxy) is 2. The van der Waals surface area contributed by atoms with Gasteiger partial charge in [0.2, 0.25) is 0 Å². The Kier molecular flexibility index (Phi) is 37.3. The van der Waals surface area contributed by atoms with Crippen LogP contribution in [0, 0.1) is 0 Å². The molecule has 0 rings (SSSR count). The maximum atomic E-state index is 13.4. The topological polar surface area (TPSA) is 93.1 Å². The fraction of sp³-hybridized carbons (Fsp3) is 0.925. The van der Waals surface area contributed by atoms with Gasteiger partial charge in [0.1, 0.15) is 19.8 Å². The van der Waals surface area contributed by atoms with E-state index in [1.807, 2.05) is 7.05 Å². The van der Waals surface area contributed by atoms with E-state index in [0.29, 0.717) is 23.9 Å². The maximum Gasteiger partial charge on any atom is 0.305 e. The first kappa shape index (κ1) is 49.9. The van der Waals surface area contributed by atoms with Crippen LogP contribution in [0.3, 0.4) is 0 Å². The number of amides is 1. The van der Waals surface area contributed by atoms with Gasteiger partial charge in [0.05, 0.1) is 33.3 Å². The van der Waals surface area contributed by atoms with Crippen LogP contribution in [0.2, 0.25) is 0 Å². The second kappa shape index (κ2) is 36.6. The molecule has 1 amide bonds. The SMILES string of the molecule is CCCCCCCCCCCCCC(=O)OCCN(CCOC(=O)CCCCCCCCCCCCC)C(=O)C[N+](C)(CCC)CCO.[Br-]. The summed E-state index contributed by atoms with van der Waals surface area (Å²) in [6, 6.07) is 0. The van der Waals surface area contributed by atoms with Crippen molar-refractivity contribution in [2.75, 3.05) is 59.6 Å². The fourth-order valence-corrected chi connectivity index (χ4v) is 6.39. The lowest BCUT2D eigenvalue weighted by atomic mass is 10.1. The summed E-state index contributed by atoms with van der Waals surface area (Å²) in [5.41, 5.74) is 0. The summed E-state index contributed by atoms with van der Waals surface area (Å²) in [6.45, 7) is 8.90. The van der Waals surface area contributed by atoms with Crippen LogP contribution in [0.15, 0.2) is 0 Å². The number of carbonyl (C=O) groups excluding carboxylic acids is 3. The molecular weight excluding hydrogens is 684 g/mol. The number of nitrogens with zero attached hydrogens (tertiary/aromatic N) is 2. The lowest BCUT2D eigenvalue weighted by molar-refractivity contribution is -0.902. The first-order valence-corrected chi connectivity index (χ1v) is 20.3. The molecule has 0 spiro atoms. The largest absolute Gasteiger partial charge is 1.00 e. The fourth-order valence-electron chi connectivity index (χ4n) is 6.39. The Hall–Kier alpha value is -1.19. The van der Waals surface area contributed by atoms with Gasteiger partial charge >= 0.3 is 11.9 Å². The van der Waals surface area contributed by atoms with Crippen LogP contribution in [0.4, 0.5) is 0 Å². The van der Waals surface area contributed by atoms with E-state index in [9.17, 15) is 19.5 Å². The summed E-state index contributed by atoms with van der Waals surface area (Å²) in [7, 11) is 1.98. The van der Waals surface area contributed by atoms with Crippen LogP contribution in [0.5, 0.6) is 0 Å². The van der Waals surface area contributed by atoms with E-state index < -0.39 is 0 Å². The third kappa shape index (κ3) is 32.5. The zero-order chi connectivity index (χ0) is 35.6. The van der Waals surface area contributed by atoms with Crippen molar-refractivity contribution in [3.63, 3.8) is 0 Å². The Labute approximate surface area is 313 Å². The van der Waals surface area contributed by atoms with Crippen LogP contribution in [0.1, 0.15) is 181 Å². The third-order valence-electron chi connectivity index (χ3n) is 9.49. The lowest BCUT2D eigenvalue weighted by Gasteiger charge is -2.35. The van der Waals surface area contributed by atoms with Gasteiger partial charge < -0.3 is 40.9 Å². The van der Waals surface area contributed by atoms with Gasteiger partial charge in [0, 0.05) is 12.8 Å². The van der Waals surface area contributed by atoms with Gasteiger partial charge in [-0.2, -0.15) is 0 Å². The Morgan fingerprint density at radius 1 is 0.531 bits per heavy atom. The molecule has 292 valence electrons. The predicted molar refractivity (Wildman–Crippen MR) is 199 cm³/mol. The monoisotopic (exact) mass is 763 g/mol. The predicted octanol–water partition coefficient (Wildman–Crippen LogP) is 6.16. The molecular formula is C40H79BrN2O6. The normalized spacial score (nSPS) is 12.3. The molecule has 0 heterocycles. The number of unbranched alkanes of at least 4 members (excludes halogenated alkanes) is 20. The minimum Gasteiger partial charge on any atom is -1.00 e. The van der Waals surface area contributed by atoms with Crippen molar-refractivity contribution in [1.29, 1.82) is 0 Å². The molecule has 0 aromatic heterocycles. The Morgan fingerprint density at radius 2 is 0.878 bits per heavy atom. The molecule has 0 aliphatic rings. The van der Waals surface area contributed by atoms with Crippen LogP contribution in [0.25, 0.3) is 0 Å². The number of aliphatic hydroxyl groups is 1. The highest BCUT2D eigenvalue weighted by molar-refractivity contribution is 5.77. The molecule has 1 atom stereocenters. The van der Waals surface area contributed by atoms with Gasteiger partial charge in [-0.1, -0.05) is 149 Å². The standard InChI is InChI=1S/C40H79N2O6.BrH/c1-5-8-10-12-14-16-18-20-22-24-26-28-39(45)47-35-30-41(38(44)37-42(4,32-7-3)33-34-43)31-36-48-40(46)29-27-25-23-21-19-17-15-13-11-9-6-2;/h43H,5-37H2,1-4H3;1H/q+1;/p-1. The molecule has 0 aromatic rings. The molecule has 0 radical (unpaired) electrons. The van der Waals surface area contributed by atoms with Crippen LogP contribution in [-0.4, -0.2) is 91.9 Å². The quantitative estimate of drug-likeness (QED) is 0.0468. The molecule has 1 unspecified atom stereocenters. The van der Waals surface area contributed by atoms with Gasteiger partial charge in [-0.25, -0.2) is 0 Å². The highest BCUT2D eigenvalue weighted by Gasteiger charge is 2.27. The van der Waals surface area contributed by atoms with Crippen molar-refractivity contribution in [2.24, 2.45) is 0 Å². The lowest BCUT2D eigenvalue weighted by Crippen LogP contribution is -3.00. The Bertz CT molecular complexity index is 719. The molecule has 8 nitrogen and oxygen atoms in total. The first-order valence-electron chi connectivity index (χ1n) is 20.3. The van der Waals surface area contributed by atoms with E-state index in [1.165, 1.54) is 103 Å². The number of esters is 2. The molecule has 0 fully saturated rings. The van der Waals surface area contributed by atoms with E-state index in [2.05, 4.69) is 20.8 Å². The number of halogens is 1. The average Bonchev–Trinajstić information content (AvgIpc) is 3.05. The van der Waals surface area contributed by atoms with E-state index >= 15 is 0 Å². The van der Waals surface area contributed by atoms with E-state index in [0.717, 1.165) is 51.5 Å². The van der Waals surface area contributed by atoms with Crippen LogP contribution >= 0.6 is 0 Å². The second-order valence-electron chi connectivity index (χ2n) is 14.3. The average molecular weight is 764 g/mol. The second-order valence-corrected chi connectivity index (χ2v) is 14.3. The zero-order valence-electron chi connectivity index (χ0n) is 32.6. The third-order valence-corrected chi connectivity index (χ3v) is 9.49. The van der Waals surface area contributed by atoms with Crippen molar-refractivity contribution in [3.8, 4) is 0 Å². The number of quaternary nitrogens is 1. The van der Waals surface area contributed by atoms with Crippen molar-refractivity contribution < 1.29 is 50.4 Å². The van der Waals surface area contributed by atoms with Crippen molar-refractivity contribution >= 4 is 17.8 Å². The molecule has 0 bridgehead atoms. The Morgan fingerprint density at radius 3 is 1.20 bits per heavy atom. The molecule has 0 aromatic carbocycles. The summed E-state index contributed by atoms with van der Waals surface area (Å²) < 4.78 is 11.5. The molecule has 0 saturated heterocycles. The van der Waals surface area contributed by atoms with E-state index in [1.54, 1.807) is 4.90 Å². The van der Waals surface area contributed by atoms with Gasteiger partial charge in [-0.15, -0.1) is 0 Å². The molecule has 0 aliphatic carbocycles. The van der Waals surface area contributed by atoms with E-state index in [-0.39, 0.29) is 74.3 Å². The number of carbonyl (C=O) groups is 3. The number of rotatable bonds is 36. The number of hydrogen-bond acceptors (Lipinski definition) is 6. The highest BCUT2D eigenvalue weighted by Crippen LogP contribution is 2.14. The minimum atomic E-state index is -0.219. The first-order chi connectivity index (χ1) is 23.3. The van der Waals surface area contributed by atoms with E-state index in [4.69, 9.17) is 9.47 Å². The number of likely N-dealkylation sites (N-methyl/N-ethyl adjacent to an activating group) is 1. The van der Waals surface area contributed by atoms with Crippen LogP contribution < -0.4 is 17.0 Å². The van der Waals surface area contributed by atoms with Gasteiger partial charge in [0.15, 0.2) is 6.54 Å². The maximum absolute atomic E-state index is 13.4. The van der Waals surface area contributed by atoms with Crippen molar-refractivity contribution in [3.05, 3.63) is 0 Å². The Balaban J connectivity index is 0. The summed E-state index contributed by atoms with van der Waals surface area (Å²) >= 11 is 0. The summed E-state index contributed by atoms with van der Waals surface area (Å²) in [5, 5.41) is 9.59. The molecule has 1 N–H and O–H groups in total. The molecule has 49 heavy (non-hydrogen) atoms. The zero-order valence-corrected chi connectivity index (χ0v) is 34.2. The van der Waals surface area contributed by atoms with Gasteiger partial charge in [-0.3, -0.25) is 14.4 Å². The molecule has 0 aliphatic heterocycles. The number of hydrogen-bond donors (Lipinski definition) is 1. The molecule has 0 saturated carbocycles. The van der Waals surface area contributed by atoms with Crippen LogP contribution in [-0.2, 0) is 23.9 Å². The summed E-state index contributed by atoms with van der Waals surface area (Å²) in [6.07, 6.45) is 28.8. The smallest absolute Gasteiger partial charge is 0.305 e. The van der Waals surface area contributed by atoms with Crippen molar-refractivity contribution in [2.45, 2.75) is 181 Å². The molecule has 9 heteroatoms. The van der Waals surface area contributed by atoms with Gasteiger partial charge in [-0.05, 0) is 19.3 Å². The summed E-state index contributed by atoms with van der Waals surface area (Å²) in [5.74, 6) is -0.519. The van der Waals surface area contributed by atoms with Crippen molar-refractivity contribution in [1.82, 2.24) is 4.90 Å². The summed E-state index contributed by atoms with van der Waals surface area (Å²) in [4.78, 5) is 39.8. The number of aliphatic hydroxyl groups excluding tert-OH is 1. The van der Waals surface area contributed by atoms with Gasteiger partial charge in [0.25, 0.3) is 5.91 Å². The highest BCUT2D eigenvalue weighted by atomic mass is 79.9. The minimum absolute atomic E-state index is 0.